The van der Waals surface area contributed by atoms with Gasteiger partial charge in [-0.15, -0.1) is 11.8 Å². The smallest absolute Gasteiger partial charge is 0.0231 e. The Balaban J connectivity index is 1.81. The molecule has 0 aromatic heterocycles. The largest absolute Gasteiger partial charge is 0.312 e. The van der Waals surface area contributed by atoms with Crippen LogP contribution in [0.2, 0.25) is 0 Å². The Morgan fingerprint density at radius 1 is 1.30 bits per heavy atom. The van der Waals surface area contributed by atoms with E-state index < -0.39 is 0 Å². The highest BCUT2D eigenvalue weighted by Crippen LogP contribution is 2.32. The molecule has 0 aliphatic heterocycles. The number of rotatable bonds is 7. The van der Waals surface area contributed by atoms with Gasteiger partial charge in [-0.3, -0.25) is 0 Å². The highest BCUT2D eigenvalue weighted by Gasteiger charge is 2.15. The molecule has 0 unspecified atom stereocenters. The van der Waals surface area contributed by atoms with Crippen molar-refractivity contribution in [1.82, 2.24) is 5.32 Å². The van der Waals surface area contributed by atoms with Crippen molar-refractivity contribution in [2.45, 2.75) is 51.0 Å². The van der Waals surface area contributed by atoms with Crippen LogP contribution in [-0.4, -0.2) is 12.3 Å². The molecule has 1 N–H and O–H groups in total. The van der Waals surface area contributed by atoms with E-state index in [1.54, 1.807) is 0 Å². The first kappa shape index (κ1) is 16.4. The third-order valence-electron chi connectivity index (χ3n) is 3.85. The summed E-state index contributed by atoms with van der Waals surface area (Å²) in [5.74, 6) is 2.94. The number of benzene rings is 1. The van der Waals surface area contributed by atoms with E-state index in [4.69, 9.17) is 0 Å². The molecule has 1 aliphatic rings. The lowest BCUT2D eigenvalue weighted by molar-refractivity contribution is 0.551. The minimum absolute atomic E-state index is 0.704. The van der Waals surface area contributed by atoms with Gasteiger partial charge in [0, 0.05) is 21.7 Å². The fourth-order valence-electron chi connectivity index (χ4n) is 2.65. The summed E-state index contributed by atoms with van der Waals surface area (Å²) in [4.78, 5) is 1.40. The zero-order chi connectivity index (χ0) is 14.4. The third-order valence-corrected chi connectivity index (χ3v) is 5.82. The summed E-state index contributed by atoms with van der Waals surface area (Å²) < 4.78 is 1.24. The van der Waals surface area contributed by atoms with Crippen LogP contribution in [0.5, 0.6) is 0 Å². The van der Waals surface area contributed by atoms with Gasteiger partial charge in [0.25, 0.3) is 0 Å². The maximum absolute atomic E-state index is 3.71. The van der Waals surface area contributed by atoms with Crippen LogP contribution >= 0.6 is 27.7 Å². The number of thioether (sulfide) groups is 1. The van der Waals surface area contributed by atoms with Crippen molar-refractivity contribution >= 4 is 27.7 Å². The minimum atomic E-state index is 0.704. The normalized spacial score (nSPS) is 16.2. The molecule has 0 heterocycles. The van der Waals surface area contributed by atoms with Crippen LogP contribution in [0, 0.1) is 11.8 Å². The Bertz CT molecular complexity index is 413. The van der Waals surface area contributed by atoms with Crippen LogP contribution in [0.4, 0.5) is 0 Å². The number of hydrogen-bond acceptors (Lipinski definition) is 2. The zero-order valence-electron chi connectivity index (χ0n) is 12.6. The van der Waals surface area contributed by atoms with Gasteiger partial charge in [0.2, 0.25) is 0 Å². The number of hydrogen-bond donors (Lipinski definition) is 1. The highest BCUT2D eigenvalue weighted by atomic mass is 79.9. The van der Waals surface area contributed by atoms with Crippen molar-refractivity contribution in [3.05, 3.63) is 28.2 Å². The predicted molar refractivity (Wildman–Crippen MR) is 93.4 cm³/mol. The van der Waals surface area contributed by atoms with E-state index in [2.05, 4.69) is 53.3 Å². The number of nitrogens with one attached hydrogen (secondary N) is 1. The van der Waals surface area contributed by atoms with Crippen molar-refractivity contribution in [3.63, 3.8) is 0 Å². The van der Waals surface area contributed by atoms with E-state index >= 15 is 0 Å². The zero-order valence-corrected chi connectivity index (χ0v) is 15.0. The van der Waals surface area contributed by atoms with Crippen LogP contribution in [0.25, 0.3) is 0 Å². The molecule has 0 amide bonds. The molecule has 0 bridgehead atoms. The van der Waals surface area contributed by atoms with Crippen LogP contribution in [0.1, 0.15) is 45.1 Å². The Morgan fingerprint density at radius 2 is 2.05 bits per heavy atom. The van der Waals surface area contributed by atoms with E-state index in [9.17, 15) is 0 Å². The fraction of sp³-hybridized carbons (Fsp3) is 0.647. The van der Waals surface area contributed by atoms with Crippen molar-refractivity contribution in [2.75, 3.05) is 12.3 Å². The van der Waals surface area contributed by atoms with E-state index in [1.807, 2.05) is 11.8 Å². The second kappa shape index (κ2) is 8.45. The van der Waals surface area contributed by atoms with E-state index in [-0.39, 0.29) is 0 Å². The highest BCUT2D eigenvalue weighted by molar-refractivity contribution is 9.10. The molecule has 1 aliphatic carbocycles. The molecular formula is C17H26BrNS. The Hall–Kier alpha value is 0.01000. The monoisotopic (exact) mass is 355 g/mol. The molecule has 0 radical (unpaired) electrons. The molecule has 1 aromatic carbocycles. The second-order valence-electron chi connectivity index (χ2n) is 6.24. The van der Waals surface area contributed by atoms with Gasteiger partial charge < -0.3 is 5.32 Å². The second-order valence-corrected chi connectivity index (χ2v) is 8.19. The lowest BCUT2D eigenvalue weighted by atomic mass is 10.1. The topological polar surface area (TPSA) is 12.0 Å². The van der Waals surface area contributed by atoms with Crippen molar-refractivity contribution in [1.29, 1.82) is 0 Å². The van der Waals surface area contributed by atoms with Gasteiger partial charge in [-0.05, 0) is 48.9 Å². The van der Waals surface area contributed by atoms with Gasteiger partial charge in [-0.25, -0.2) is 0 Å². The van der Waals surface area contributed by atoms with E-state index in [0.717, 1.165) is 19.0 Å². The maximum Gasteiger partial charge on any atom is 0.0231 e. The van der Waals surface area contributed by atoms with E-state index in [0.29, 0.717) is 5.92 Å². The van der Waals surface area contributed by atoms with Gasteiger partial charge in [0.05, 0.1) is 0 Å². The molecule has 2 rings (SSSR count). The molecule has 0 atom stereocenters. The van der Waals surface area contributed by atoms with Crippen molar-refractivity contribution in [2.24, 2.45) is 11.8 Å². The summed E-state index contributed by atoms with van der Waals surface area (Å²) in [5, 5.41) is 3.50. The van der Waals surface area contributed by atoms with Gasteiger partial charge in [0.15, 0.2) is 0 Å². The van der Waals surface area contributed by atoms with Crippen molar-refractivity contribution in [3.8, 4) is 0 Å². The predicted octanol–water partition coefficient (Wildman–Crippen LogP) is 5.48. The quantitative estimate of drug-likeness (QED) is 0.650. The number of halogens is 1. The lowest BCUT2D eigenvalue weighted by Crippen LogP contribution is -2.19. The minimum Gasteiger partial charge on any atom is -0.312 e. The summed E-state index contributed by atoms with van der Waals surface area (Å²) in [7, 11) is 0. The van der Waals surface area contributed by atoms with Gasteiger partial charge in [0.1, 0.15) is 0 Å². The van der Waals surface area contributed by atoms with E-state index in [1.165, 1.54) is 46.4 Å². The first-order chi connectivity index (χ1) is 9.65. The molecular weight excluding hydrogens is 330 g/mol. The summed E-state index contributed by atoms with van der Waals surface area (Å²) in [6, 6.07) is 6.82. The Morgan fingerprint density at radius 3 is 2.70 bits per heavy atom. The molecule has 20 heavy (non-hydrogen) atoms. The molecule has 1 fully saturated rings. The first-order valence-electron chi connectivity index (χ1n) is 7.77. The average molecular weight is 356 g/mol. The molecule has 112 valence electrons. The van der Waals surface area contributed by atoms with Gasteiger partial charge >= 0.3 is 0 Å². The molecule has 0 saturated heterocycles. The Kier molecular flexibility index (Phi) is 6.92. The first-order valence-corrected chi connectivity index (χ1v) is 9.55. The SMILES string of the molecule is CC(C)CNCc1ccc(SCC2CCCC2)cc1Br. The average Bonchev–Trinajstić information content (AvgIpc) is 2.91. The van der Waals surface area contributed by atoms with Crippen LogP contribution < -0.4 is 5.32 Å². The standard InChI is InChI=1S/C17H26BrNS/c1-13(2)10-19-11-15-7-8-16(9-17(15)18)20-12-14-5-3-4-6-14/h7-9,13-14,19H,3-6,10-12H2,1-2H3. The van der Waals surface area contributed by atoms with Crippen molar-refractivity contribution < 1.29 is 0 Å². The van der Waals surface area contributed by atoms with Crippen LogP contribution in [0.15, 0.2) is 27.6 Å². The maximum atomic E-state index is 3.71. The van der Waals surface area contributed by atoms with Gasteiger partial charge in [-0.1, -0.05) is 48.7 Å². The van der Waals surface area contributed by atoms with Crippen LogP contribution in [-0.2, 0) is 6.54 Å². The molecule has 1 aromatic rings. The Labute approximate surface area is 136 Å². The molecule has 0 spiro atoms. The van der Waals surface area contributed by atoms with Crippen LogP contribution in [0.3, 0.4) is 0 Å². The summed E-state index contributed by atoms with van der Waals surface area (Å²) in [6.45, 7) is 6.51. The molecule has 3 heteroatoms. The summed E-state index contributed by atoms with van der Waals surface area (Å²) in [6.07, 6.45) is 5.75. The fourth-order valence-corrected chi connectivity index (χ4v) is 4.45. The lowest BCUT2D eigenvalue weighted by Gasteiger charge is -2.12. The molecule has 1 nitrogen and oxygen atoms in total. The third kappa shape index (κ3) is 5.42. The summed E-state index contributed by atoms with van der Waals surface area (Å²) >= 11 is 5.73. The molecule has 1 saturated carbocycles. The summed E-state index contributed by atoms with van der Waals surface area (Å²) in [5.41, 5.74) is 1.36. The van der Waals surface area contributed by atoms with Gasteiger partial charge in [-0.2, -0.15) is 0 Å².